The van der Waals surface area contributed by atoms with Gasteiger partial charge in [0.15, 0.2) is 6.10 Å². The maximum Gasteiger partial charge on any atom is 0.338 e. The van der Waals surface area contributed by atoms with Crippen molar-refractivity contribution in [3.63, 3.8) is 0 Å². The Morgan fingerprint density at radius 3 is 2.45 bits per heavy atom. The molecule has 2 rings (SSSR count). The van der Waals surface area contributed by atoms with Gasteiger partial charge in [0.2, 0.25) is 0 Å². The Hall–Kier alpha value is -2.11. The van der Waals surface area contributed by atoms with Crippen LogP contribution in [-0.2, 0) is 9.53 Å². The summed E-state index contributed by atoms with van der Waals surface area (Å²) in [4.78, 5) is 11.5. The van der Waals surface area contributed by atoms with E-state index in [0.29, 0.717) is 16.3 Å². The minimum atomic E-state index is -1.66. The first-order valence-corrected chi connectivity index (χ1v) is 6.29. The van der Waals surface area contributed by atoms with Crippen LogP contribution in [0.3, 0.4) is 0 Å². The zero-order valence-electron chi connectivity index (χ0n) is 11.0. The van der Waals surface area contributed by atoms with Gasteiger partial charge in [-0.1, -0.05) is 30.3 Å². The van der Waals surface area contributed by atoms with Crippen LogP contribution in [0, 0.1) is 0 Å². The molecule has 5 nitrogen and oxygen atoms in total. The van der Waals surface area contributed by atoms with Gasteiger partial charge in [0, 0.05) is 5.39 Å². The SMILES string of the molecule is CCOC(=O)C(O)C(O)c1ccc(O)c2ccccc12. The van der Waals surface area contributed by atoms with Crippen molar-refractivity contribution in [1.82, 2.24) is 0 Å². The molecule has 20 heavy (non-hydrogen) atoms. The van der Waals surface area contributed by atoms with E-state index < -0.39 is 18.2 Å². The fraction of sp³-hybridized carbons (Fsp3) is 0.267. The third-order valence-electron chi connectivity index (χ3n) is 3.08. The number of phenolic OH excluding ortho intramolecular Hbond substituents is 1. The van der Waals surface area contributed by atoms with Crippen LogP contribution in [0.2, 0.25) is 0 Å². The highest BCUT2D eigenvalue weighted by Gasteiger charge is 2.28. The predicted molar refractivity (Wildman–Crippen MR) is 73.2 cm³/mol. The normalized spacial score (nSPS) is 13.9. The van der Waals surface area contributed by atoms with Crippen LogP contribution in [-0.4, -0.2) is 34.0 Å². The molecular weight excluding hydrogens is 260 g/mol. The zero-order valence-corrected chi connectivity index (χ0v) is 11.0. The quantitative estimate of drug-likeness (QED) is 0.737. The van der Waals surface area contributed by atoms with Gasteiger partial charge in [-0.2, -0.15) is 0 Å². The van der Waals surface area contributed by atoms with Crippen LogP contribution in [0.1, 0.15) is 18.6 Å². The standard InChI is InChI=1S/C15H16O5/c1-2-20-15(19)14(18)13(17)11-7-8-12(16)10-6-4-3-5-9(10)11/h3-8,13-14,16-18H,2H2,1H3. The Kier molecular flexibility index (Phi) is 4.22. The molecule has 0 amide bonds. The highest BCUT2D eigenvalue weighted by Crippen LogP contribution is 2.32. The predicted octanol–water partition coefficient (Wildman–Crippen LogP) is 1.50. The second-order valence-electron chi connectivity index (χ2n) is 4.36. The smallest absolute Gasteiger partial charge is 0.338 e. The lowest BCUT2D eigenvalue weighted by Gasteiger charge is -2.18. The Morgan fingerprint density at radius 1 is 1.15 bits per heavy atom. The first-order chi connectivity index (χ1) is 9.56. The van der Waals surface area contributed by atoms with Gasteiger partial charge < -0.3 is 20.1 Å². The van der Waals surface area contributed by atoms with Crippen molar-refractivity contribution in [3.8, 4) is 5.75 Å². The highest BCUT2D eigenvalue weighted by molar-refractivity contribution is 5.91. The van der Waals surface area contributed by atoms with Crippen LogP contribution in [0.15, 0.2) is 36.4 Å². The lowest BCUT2D eigenvalue weighted by Crippen LogP contribution is -2.30. The van der Waals surface area contributed by atoms with Crippen LogP contribution in [0.5, 0.6) is 5.75 Å². The molecule has 0 aromatic heterocycles. The molecule has 2 unspecified atom stereocenters. The summed E-state index contributed by atoms with van der Waals surface area (Å²) < 4.78 is 4.68. The number of hydrogen-bond acceptors (Lipinski definition) is 5. The van der Waals surface area contributed by atoms with E-state index in [1.165, 1.54) is 12.1 Å². The average molecular weight is 276 g/mol. The number of benzene rings is 2. The van der Waals surface area contributed by atoms with Crippen molar-refractivity contribution in [2.75, 3.05) is 6.61 Å². The van der Waals surface area contributed by atoms with E-state index in [9.17, 15) is 20.1 Å². The molecule has 0 saturated carbocycles. The summed E-state index contributed by atoms with van der Waals surface area (Å²) in [5.41, 5.74) is 0.360. The molecule has 0 aliphatic heterocycles. The third-order valence-corrected chi connectivity index (χ3v) is 3.08. The Labute approximate surface area is 116 Å². The van der Waals surface area contributed by atoms with E-state index in [-0.39, 0.29) is 12.4 Å². The maximum atomic E-state index is 11.5. The number of carbonyl (C=O) groups is 1. The number of hydrogen-bond donors (Lipinski definition) is 3. The second kappa shape index (κ2) is 5.90. The lowest BCUT2D eigenvalue weighted by atomic mass is 9.97. The number of phenols is 1. The van der Waals surface area contributed by atoms with Crippen LogP contribution >= 0.6 is 0 Å². The monoisotopic (exact) mass is 276 g/mol. The van der Waals surface area contributed by atoms with E-state index >= 15 is 0 Å². The minimum Gasteiger partial charge on any atom is -0.507 e. The summed E-state index contributed by atoms with van der Waals surface area (Å²) in [7, 11) is 0. The first kappa shape index (κ1) is 14.3. The van der Waals surface area contributed by atoms with Gasteiger partial charge in [-0.25, -0.2) is 4.79 Å². The first-order valence-electron chi connectivity index (χ1n) is 6.29. The van der Waals surface area contributed by atoms with Gasteiger partial charge in [-0.05, 0) is 23.9 Å². The Balaban J connectivity index is 2.42. The molecule has 0 radical (unpaired) electrons. The van der Waals surface area contributed by atoms with Crippen molar-refractivity contribution in [2.24, 2.45) is 0 Å². The molecule has 0 saturated heterocycles. The molecule has 0 heterocycles. The number of rotatable bonds is 4. The van der Waals surface area contributed by atoms with Crippen LogP contribution in [0.25, 0.3) is 10.8 Å². The van der Waals surface area contributed by atoms with E-state index in [2.05, 4.69) is 4.74 Å². The zero-order chi connectivity index (χ0) is 14.7. The summed E-state index contributed by atoms with van der Waals surface area (Å²) in [6.45, 7) is 1.74. The fourth-order valence-electron chi connectivity index (χ4n) is 2.09. The fourth-order valence-corrected chi connectivity index (χ4v) is 2.09. The van der Waals surface area contributed by atoms with Crippen molar-refractivity contribution >= 4 is 16.7 Å². The number of esters is 1. The maximum absolute atomic E-state index is 11.5. The van der Waals surface area contributed by atoms with Gasteiger partial charge in [0.1, 0.15) is 11.9 Å². The molecule has 2 aromatic rings. The number of ether oxygens (including phenoxy) is 1. The molecule has 0 aliphatic carbocycles. The number of carbonyl (C=O) groups excluding carboxylic acids is 1. The molecule has 2 atom stereocenters. The van der Waals surface area contributed by atoms with E-state index in [1.54, 1.807) is 31.2 Å². The Bertz CT molecular complexity index is 623. The van der Waals surface area contributed by atoms with Gasteiger partial charge in [0.05, 0.1) is 6.61 Å². The summed E-state index contributed by atoms with van der Waals surface area (Å²) in [5, 5.41) is 30.8. The van der Waals surface area contributed by atoms with Gasteiger partial charge in [0.25, 0.3) is 0 Å². The lowest BCUT2D eigenvalue weighted by molar-refractivity contribution is -0.159. The van der Waals surface area contributed by atoms with Crippen molar-refractivity contribution in [2.45, 2.75) is 19.1 Å². The minimum absolute atomic E-state index is 0.0715. The molecule has 0 spiro atoms. The van der Waals surface area contributed by atoms with Crippen LogP contribution in [0.4, 0.5) is 0 Å². The van der Waals surface area contributed by atoms with E-state index in [4.69, 9.17) is 0 Å². The average Bonchev–Trinajstić information content (AvgIpc) is 2.47. The molecule has 106 valence electrons. The molecule has 0 aliphatic rings. The van der Waals surface area contributed by atoms with Crippen LogP contribution < -0.4 is 0 Å². The molecule has 0 bridgehead atoms. The summed E-state index contributed by atoms with van der Waals surface area (Å²) in [5.74, 6) is -0.806. The largest absolute Gasteiger partial charge is 0.507 e. The van der Waals surface area contributed by atoms with Crippen molar-refractivity contribution < 1.29 is 24.9 Å². The van der Waals surface area contributed by atoms with E-state index in [1.807, 2.05) is 0 Å². The van der Waals surface area contributed by atoms with E-state index in [0.717, 1.165) is 0 Å². The van der Waals surface area contributed by atoms with Gasteiger partial charge >= 0.3 is 5.97 Å². The molecule has 2 aromatic carbocycles. The summed E-state index contributed by atoms with van der Waals surface area (Å²) in [6, 6.07) is 9.78. The van der Waals surface area contributed by atoms with Gasteiger partial charge in [-0.3, -0.25) is 0 Å². The second-order valence-corrected chi connectivity index (χ2v) is 4.36. The number of aromatic hydroxyl groups is 1. The number of aliphatic hydroxyl groups is 2. The van der Waals surface area contributed by atoms with Crippen molar-refractivity contribution in [3.05, 3.63) is 42.0 Å². The van der Waals surface area contributed by atoms with Gasteiger partial charge in [-0.15, -0.1) is 0 Å². The van der Waals surface area contributed by atoms with Crippen molar-refractivity contribution in [1.29, 1.82) is 0 Å². The molecular formula is C15H16O5. The topological polar surface area (TPSA) is 87.0 Å². The Morgan fingerprint density at radius 2 is 1.80 bits per heavy atom. The third kappa shape index (κ3) is 2.59. The number of fused-ring (bicyclic) bond motifs is 1. The summed E-state index contributed by atoms with van der Waals surface area (Å²) >= 11 is 0. The highest BCUT2D eigenvalue weighted by atomic mass is 16.5. The molecule has 0 fully saturated rings. The molecule has 3 N–H and O–H groups in total. The number of aliphatic hydroxyl groups excluding tert-OH is 2. The molecule has 5 heteroatoms. The summed E-state index contributed by atoms with van der Waals surface area (Å²) in [6.07, 6.45) is -3.08.